The van der Waals surface area contributed by atoms with Gasteiger partial charge in [0.05, 0.1) is 23.0 Å². The number of nitrogens with one attached hydrogen (secondary N) is 1. The van der Waals surface area contributed by atoms with Gasteiger partial charge in [0, 0.05) is 6.20 Å². The minimum atomic E-state index is -1.03. The van der Waals surface area contributed by atoms with Gasteiger partial charge in [-0.1, -0.05) is 0 Å². The van der Waals surface area contributed by atoms with E-state index in [9.17, 15) is 9.90 Å². The van der Waals surface area contributed by atoms with E-state index in [0.717, 1.165) is 5.69 Å². The van der Waals surface area contributed by atoms with Crippen LogP contribution in [0.5, 0.6) is 0 Å². The summed E-state index contributed by atoms with van der Waals surface area (Å²) in [6.07, 6.45) is 2.96. The highest BCUT2D eigenvalue weighted by Crippen LogP contribution is 2.20. The van der Waals surface area contributed by atoms with Crippen LogP contribution in [0.15, 0.2) is 12.4 Å². The molecule has 1 heterocycles. The van der Waals surface area contributed by atoms with Crippen LogP contribution in [0.4, 0.5) is 0 Å². The van der Waals surface area contributed by atoms with Crippen LogP contribution in [0.1, 0.15) is 43.9 Å². The topological polar surface area (TPSA) is 75.1 Å². The monoisotopic (exact) mass is 237 g/mol. The molecule has 5 nitrogen and oxygen atoms in total. The molecular weight excluding hydrogens is 218 g/mol. The highest BCUT2D eigenvalue weighted by molar-refractivity contribution is 5.92. The van der Waals surface area contributed by atoms with Crippen LogP contribution in [-0.4, -0.2) is 32.1 Å². The third-order valence-corrected chi connectivity index (χ3v) is 2.97. The van der Waals surface area contributed by atoms with Crippen LogP contribution in [-0.2, 0) is 0 Å². The fraction of sp³-hybridized carbons (Fsp3) is 0.583. The molecule has 0 aromatic carbocycles. The van der Waals surface area contributed by atoms with Crippen LogP contribution in [0.3, 0.4) is 0 Å². The van der Waals surface area contributed by atoms with Gasteiger partial charge in [0.25, 0.3) is 5.91 Å². The molecule has 1 aromatic rings. The van der Waals surface area contributed by atoms with Gasteiger partial charge in [-0.25, -0.2) is 4.98 Å². The smallest absolute Gasteiger partial charge is 0.271 e. The van der Waals surface area contributed by atoms with Gasteiger partial charge in [-0.3, -0.25) is 9.78 Å². The Balaban J connectivity index is 2.83. The Labute approximate surface area is 101 Å². The Bertz CT molecular complexity index is 405. The normalized spacial score (nSPS) is 12.4. The minimum Gasteiger partial charge on any atom is -0.388 e. The molecule has 5 heteroatoms. The Morgan fingerprint density at radius 3 is 2.24 bits per heavy atom. The van der Waals surface area contributed by atoms with E-state index in [-0.39, 0.29) is 11.6 Å². The summed E-state index contributed by atoms with van der Waals surface area (Å²) >= 11 is 0. The number of nitrogens with zero attached hydrogens (tertiary/aromatic N) is 2. The van der Waals surface area contributed by atoms with Crippen molar-refractivity contribution in [2.75, 3.05) is 0 Å². The van der Waals surface area contributed by atoms with Gasteiger partial charge in [-0.05, 0) is 34.6 Å². The minimum absolute atomic E-state index is 0.243. The maximum absolute atomic E-state index is 11.9. The summed E-state index contributed by atoms with van der Waals surface area (Å²) in [4.78, 5) is 19.9. The molecule has 0 fully saturated rings. The molecular formula is C12H19N3O2. The first-order valence-electron chi connectivity index (χ1n) is 5.47. The second-order valence-corrected chi connectivity index (χ2v) is 5.18. The number of rotatable bonds is 3. The van der Waals surface area contributed by atoms with E-state index in [1.54, 1.807) is 34.6 Å². The third kappa shape index (κ3) is 3.23. The molecule has 0 saturated carbocycles. The number of hydrogen-bond donors (Lipinski definition) is 2. The summed E-state index contributed by atoms with van der Waals surface area (Å²) in [6, 6.07) is 0. The van der Waals surface area contributed by atoms with Gasteiger partial charge in [0.15, 0.2) is 0 Å². The summed E-state index contributed by atoms with van der Waals surface area (Å²) in [5.74, 6) is -0.343. The molecule has 0 aliphatic heterocycles. The molecule has 1 rings (SSSR count). The van der Waals surface area contributed by atoms with E-state index in [4.69, 9.17) is 0 Å². The number of carbonyl (C=O) groups is 1. The fourth-order valence-electron chi connectivity index (χ4n) is 1.01. The zero-order valence-electron chi connectivity index (χ0n) is 10.9. The molecule has 0 saturated heterocycles. The Hall–Kier alpha value is -1.49. The lowest BCUT2D eigenvalue weighted by molar-refractivity contribution is -0.00303. The van der Waals surface area contributed by atoms with E-state index in [0.29, 0.717) is 0 Å². The van der Waals surface area contributed by atoms with E-state index in [1.165, 1.54) is 12.4 Å². The van der Waals surface area contributed by atoms with Crippen molar-refractivity contribution in [1.29, 1.82) is 0 Å². The van der Waals surface area contributed by atoms with Crippen molar-refractivity contribution in [2.45, 2.75) is 45.8 Å². The molecule has 0 atom stereocenters. The molecule has 17 heavy (non-hydrogen) atoms. The van der Waals surface area contributed by atoms with Crippen LogP contribution >= 0.6 is 0 Å². The fourth-order valence-corrected chi connectivity index (χ4v) is 1.01. The zero-order valence-corrected chi connectivity index (χ0v) is 10.9. The Morgan fingerprint density at radius 2 is 1.82 bits per heavy atom. The SMILES string of the molecule is Cc1cnc(C(=O)NC(C)(C)C(C)(C)O)cn1. The molecule has 1 aromatic heterocycles. The summed E-state index contributed by atoms with van der Waals surface area (Å²) in [7, 11) is 0. The summed E-state index contributed by atoms with van der Waals surface area (Å²) in [6.45, 7) is 8.61. The van der Waals surface area contributed by atoms with E-state index >= 15 is 0 Å². The molecule has 0 spiro atoms. The molecule has 0 unspecified atom stereocenters. The first kappa shape index (κ1) is 13.6. The van der Waals surface area contributed by atoms with E-state index in [2.05, 4.69) is 15.3 Å². The highest BCUT2D eigenvalue weighted by Gasteiger charge is 2.36. The van der Waals surface area contributed by atoms with Crippen LogP contribution in [0, 0.1) is 6.92 Å². The molecule has 1 amide bonds. The third-order valence-electron chi connectivity index (χ3n) is 2.97. The Kier molecular flexibility index (Phi) is 3.52. The van der Waals surface area contributed by atoms with Crippen molar-refractivity contribution in [3.63, 3.8) is 0 Å². The number of hydrogen-bond acceptors (Lipinski definition) is 4. The van der Waals surface area contributed by atoms with E-state index < -0.39 is 11.1 Å². The molecule has 0 bridgehead atoms. The zero-order chi connectivity index (χ0) is 13.3. The van der Waals surface area contributed by atoms with Gasteiger partial charge >= 0.3 is 0 Å². The van der Waals surface area contributed by atoms with Gasteiger partial charge in [-0.15, -0.1) is 0 Å². The molecule has 0 aliphatic rings. The highest BCUT2D eigenvalue weighted by atomic mass is 16.3. The van der Waals surface area contributed by atoms with Gasteiger partial charge in [0.1, 0.15) is 5.69 Å². The van der Waals surface area contributed by atoms with Crippen molar-refractivity contribution in [3.05, 3.63) is 23.8 Å². The number of aliphatic hydroxyl groups is 1. The van der Waals surface area contributed by atoms with Crippen molar-refractivity contribution >= 4 is 5.91 Å². The predicted molar refractivity (Wildman–Crippen MR) is 64.6 cm³/mol. The molecule has 0 radical (unpaired) electrons. The standard InChI is InChI=1S/C12H19N3O2/c1-8-6-14-9(7-13-8)10(16)15-11(2,3)12(4,5)17/h6-7,17H,1-5H3,(H,15,16). The maximum Gasteiger partial charge on any atom is 0.271 e. The summed E-state index contributed by atoms with van der Waals surface area (Å²) < 4.78 is 0. The lowest BCUT2D eigenvalue weighted by Crippen LogP contribution is -2.57. The number of aromatic nitrogens is 2. The van der Waals surface area contributed by atoms with Crippen molar-refractivity contribution in [3.8, 4) is 0 Å². The van der Waals surface area contributed by atoms with Crippen LogP contribution in [0.2, 0.25) is 0 Å². The molecule has 0 aliphatic carbocycles. The number of aryl methyl sites for hydroxylation is 1. The Morgan fingerprint density at radius 1 is 1.24 bits per heavy atom. The van der Waals surface area contributed by atoms with Gasteiger partial charge in [0.2, 0.25) is 0 Å². The van der Waals surface area contributed by atoms with Crippen LogP contribution < -0.4 is 5.32 Å². The van der Waals surface area contributed by atoms with Gasteiger partial charge in [-0.2, -0.15) is 0 Å². The second kappa shape index (κ2) is 4.41. The quantitative estimate of drug-likeness (QED) is 0.824. The maximum atomic E-state index is 11.9. The lowest BCUT2D eigenvalue weighted by atomic mass is 9.86. The first-order chi connectivity index (χ1) is 7.63. The lowest BCUT2D eigenvalue weighted by Gasteiger charge is -2.37. The van der Waals surface area contributed by atoms with E-state index in [1.807, 2.05) is 0 Å². The van der Waals surface area contributed by atoms with Crippen molar-refractivity contribution in [2.24, 2.45) is 0 Å². The second-order valence-electron chi connectivity index (χ2n) is 5.18. The first-order valence-corrected chi connectivity index (χ1v) is 5.47. The molecule has 94 valence electrons. The average Bonchev–Trinajstić information content (AvgIpc) is 2.16. The number of amides is 1. The number of carbonyl (C=O) groups excluding carboxylic acids is 1. The van der Waals surface area contributed by atoms with Gasteiger partial charge < -0.3 is 10.4 Å². The summed E-state index contributed by atoms with van der Waals surface area (Å²) in [5, 5.41) is 12.7. The molecule has 2 N–H and O–H groups in total. The summed E-state index contributed by atoms with van der Waals surface area (Å²) in [5.41, 5.74) is -0.784. The average molecular weight is 237 g/mol. The predicted octanol–water partition coefficient (Wildman–Crippen LogP) is 1.06. The van der Waals surface area contributed by atoms with Crippen LogP contribution in [0.25, 0.3) is 0 Å². The van der Waals surface area contributed by atoms with Crippen molar-refractivity contribution < 1.29 is 9.90 Å². The largest absolute Gasteiger partial charge is 0.388 e. The van der Waals surface area contributed by atoms with Crippen molar-refractivity contribution in [1.82, 2.24) is 15.3 Å².